The second-order valence-electron chi connectivity index (χ2n) is 5.31. The summed E-state index contributed by atoms with van der Waals surface area (Å²) in [5, 5.41) is 11.6. The predicted molar refractivity (Wildman–Crippen MR) is 84.5 cm³/mol. The summed E-state index contributed by atoms with van der Waals surface area (Å²) in [6.45, 7) is 3.01. The van der Waals surface area contributed by atoms with Gasteiger partial charge in [0.2, 0.25) is 0 Å². The Kier molecular flexibility index (Phi) is 5.72. The zero-order valence-electron chi connectivity index (χ0n) is 12.3. The molecule has 0 saturated heterocycles. The highest BCUT2D eigenvalue weighted by atomic mass is 16.5. The minimum atomic E-state index is 0.297. The molecule has 0 amide bonds. The molecule has 2 nitrogen and oxygen atoms in total. The zero-order valence-corrected chi connectivity index (χ0v) is 12.3. The lowest BCUT2D eigenvalue weighted by molar-refractivity contribution is 0.305. The third kappa shape index (κ3) is 4.44. The first-order valence-electron chi connectivity index (χ1n) is 7.65. The molecule has 0 heterocycles. The van der Waals surface area contributed by atoms with Crippen LogP contribution >= 0.6 is 0 Å². The standard InChI is InChI=1S/C18H24O2/c1-2-3-4-5-6-7-12-20-18-11-9-15-8-10-17(19)13-16(15)14-18/h8-11,13-14,19H,2-7,12H2,1H3. The maximum absolute atomic E-state index is 9.50. The van der Waals surface area contributed by atoms with Gasteiger partial charge in [0.05, 0.1) is 6.61 Å². The molecule has 0 radical (unpaired) electrons. The summed E-state index contributed by atoms with van der Waals surface area (Å²) >= 11 is 0. The van der Waals surface area contributed by atoms with Gasteiger partial charge in [-0.2, -0.15) is 0 Å². The van der Waals surface area contributed by atoms with E-state index < -0.39 is 0 Å². The third-order valence-corrected chi connectivity index (χ3v) is 3.56. The fourth-order valence-corrected chi connectivity index (χ4v) is 2.37. The van der Waals surface area contributed by atoms with Crippen LogP contribution in [-0.2, 0) is 0 Å². The Morgan fingerprint density at radius 3 is 2.45 bits per heavy atom. The number of hydrogen-bond donors (Lipinski definition) is 1. The molecule has 0 aliphatic carbocycles. The maximum Gasteiger partial charge on any atom is 0.119 e. The minimum absolute atomic E-state index is 0.297. The second-order valence-corrected chi connectivity index (χ2v) is 5.31. The molecule has 2 aromatic carbocycles. The molecule has 0 saturated carbocycles. The van der Waals surface area contributed by atoms with Gasteiger partial charge in [0, 0.05) is 0 Å². The molecule has 0 aliphatic heterocycles. The normalized spacial score (nSPS) is 10.8. The smallest absolute Gasteiger partial charge is 0.119 e. The Balaban J connectivity index is 1.78. The Morgan fingerprint density at radius 1 is 0.850 bits per heavy atom. The Morgan fingerprint density at radius 2 is 1.60 bits per heavy atom. The van der Waals surface area contributed by atoms with Crippen LogP contribution in [0.3, 0.4) is 0 Å². The van der Waals surface area contributed by atoms with Crippen molar-refractivity contribution in [2.75, 3.05) is 6.61 Å². The number of phenolic OH excluding ortho intramolecular Hbond substituents is 1. The topological polar surface area (TPSA) is 29.5 Å². The first-order valence-corrected chi connectivity index (χ1v) is 7.65. The molecule has 20 heavy (non-hydrogen) atoms. The fourth-order valence-electron chi connectivity index (χ4n) is 2.37. The van der Waals surface area contributed by atoms with E-state index in [1.165, 1.54) is 32.1 Å². The van der Waals surface area contributed by atoms with Crippen molar-refractivity contribution in [1.82, 2.24) is 0 Å². The van der Waals surface area contributed by atoms with Gasteiger partial charge in [0.15, 0.2) is 0 Å². The number of rotatable bonds is 8. The molecule has 0 bridgehead atoms. The summed E-state index contributed by atoms with van der Waals surface area (Å²) in [4.78, 5) is 0. The fraction of sp³-hybridized carbons (Fsp3) is 0.444. The number of benzene rings is 2. The van der Waals surface area contributed by atoms with Gasteiger partial charge in [-0.1, -0.05) is 51.2 Å². The molecule has 2 heteroatoms. The first-order chi connectivity index (χ1) is 9.79. The summed E-state index contributed by atoms with van der Waals surface area (Å²) in [5.41, 5.74) is 0. The number of aromatic hydroxyl groups is 1. The SMILES string of the molecule is CCCCCCCCOc1ccc2ccc(O)cc2c1. The molecule has 0 atom stereocenters. The van der Waals surface area contributed by atoms with Crippen LogP contribution in [0.15, 0.2) is 36.4 Å². The Labute approximate surface area is 121 Å². The van der Waals surface area contributed by atoms with Gasteiger partial charge in [0.1, 0.15) is 11.5 Å². The van der Waals surface area contributed by atoms with Crippen molar-refractivity contribution in [3.8, 4) is 11.5 Å². The summed E-state index contributed by atoms with van der Waals surface area (Å²) in [7, 11) is 0. The van der Waals surface area contributed by atoms with E-state index in [1.807, 2.05) is 24.3 Å². The van der Waals surface area contributed by atoms with Crippen molar-refractivity contribution in [2.24, 2.45) is 0 Å². The average Bonchev–Trinajstić information content (AvgIpc) is 2.46. The van der Waals surface area contributed by atoms with Crippen molar-refractivity contribution >= 4 is 10.8 Å². The van der Waals surface area contributed by atoms with E-state index in [1.54, 1.807) is 12.1 Å². The molecule has 2 aromatic rings. The third-order valence-electron chi connectivity index (χ3n) is 3.56. The molecule has 0 spiro atoms. The highest BCUT2D eigenvalue weighted by Gasteiger charge is 1.99. The van der Waals surface area contributed by atoms with Crippen LogP contribution < -0.4 is 4.74 Å². The van der Waals surface area contributed by atoms with Crippen molar-refractivity contribution in [3.05, 3.63) is 36.4 Å². The number of phenols is 1. The number of fused-ring (bicyclic) bond motifs is 1. The van der Waals surface area contributed by atoms with Gasteiger partial charge >= 0.3 is 0 Å². The number of ether oxygens (including phenoxy) is 1. The van der Waals surface area contributed by atoms with E-state index in [2.05, 4.69) is 6.92 Å². The van der Waals surface area contributed by atoms with E-state index >= 15 is 0 Å². The lowest BCUT2D eigenvalue weighted by Crippen LogP contribution is -1.97. The van der Waals surface area contributed by atoms with Crippen molar-refractivity contribution in [1.29, 1.82) is 0 Å². The highest BCUT2D eigenvalue weighted by molar-refractivity contribution is 5.85. The second kappa shape index (κ2) is 7.78. The highest BCUT2D eigenvalue weighted by Crippen LogP contribution is 2.24. The van der Waals surface area contributed by atoms with E-state index in [4.69, 9.17) is 4.74 Å². The minimum Gasteiger partial charge on any atom is -0.508 e. The Hall–Kier alpha value is -1.70. The Bertz CT molecular complexity index is 534. The number of hydrogen-bond acceptors (Lipinski definition) is 2. The van der Waals surface area contributed by atoms with Gasteiger partial charge in [0.25, 0.3) is 0 Å². The lowest BCUT2D eigenvalue weighted by Gasteiger charge is -2.07. The van der Waals surface area contributed by atoms with E-state index in [9.17, 15) is 5.11 Å². The zero-order chi connectivity index (χ0) is 14.2. The van der Waals surface area contributed by atoms with E-state index in [0.717, 1.165) is 29.5 Å². The summed E-state index contributed by atoms with van der Waals surface area (Å²) in [5.74, 6) is 1.18. The van der Waals surface area contributed by atoms with Crippen LogP contribution in [0.4, 0.5) is 0 Å². The van der Waals surface area contributed by atoms with Gasteiger partial charge in [-0.3, -0.25) is 0 Å². The summed E-state index contributed by atoms with van der Waals surface area (Å²) in [6.07, 6.45) is 7.64. The van der Waals surface area contributed by atoms with Crippen LogP contribution in [0, 0.1) is 0 Å². The quantitative estimate of drug-likeness (QED) is 0.662. The van der Waals surface area contributed by atoms with Crippen LogP contribution in [0.25, 0.3) is 10.8 Å². The maximum atomic E-state index is 9.50. The molecule has 2 rings (SSSR count). The summed E-state index contributed by atoms with van der Waals surface area (Å²) < 4.78 is 5.78. The molecule has 0 unspecified atom stereocenters. The first kappa shape index (κ1) is 14.7. The molecule has 1 N–H and O–H groups in total. The largest absolute Gasteiger partial charge is 0.508 e. The monoisotopic (exact) mass is 272 g/mol. The lowest BCUT2D eigenvalue weighted by atomic mass is 10.1. The molecule has 0 fully saturated rings. The van der Waals surface area contributed by atoms with Crippen molar-refractivity contribution in [3.63, 3.8) is 0 Å². The molecular weight excluding hydrogens is 248 g/mol. The van der Waals surface area contributed by atoms with Crippen LogP contribution in [0.5, 0.6) is 11.5 Å². The molecular formula is C18H24O2. The molecule has 0 aliphatic rings. The van der Waals surface area contributed by atoms with Crippen LogP contribution in [-0.4, -0.2) is 11.7 Å². The van der Waals surface area contributed by atoms with Crippen LogP contribution in [0.2, 0.25) is 0 Å². The van der Waals surface area contributed by atoms with Gasteiger partial charge < -0.3 is 9.84 Å². The van der Waals surface area contributed by atoms with Gasteiger partial charge in [-0.15, -0.1) is 0 Å². The van der Waals surface area contributed by atoms with Gasteiger partial charge in [-0.05, 0) is 41.5 Å². The van der Waals surface area contributed by atoms with E-state index in [-0.39, 0.29) is 0 Å². The molecule has 0 aromatic heterocycles. The van der Waals surface area contributed by atoms with Crippen LogP contribution in [0.1, 0.15) is 45.4 Å². The van der Waals surface area contributed by atoms with Crippen molar-refractivity contribution in [2.45, 2.75) is 45.4 Å². The van der Waals surface area contributed by atoms with Gasteiger partial charge in [-0.25, -0.2) is 0 Å². The molecule has 108 valence electrons. The predicted octanol–water partition coefficient (Wildman–Crippen LogP) is 5.28. The number of unbranched alkanes of at least 4 members (excludes halogenated alkanes) is 5. The van der Waals surface area contributed by atoms with E-state index in [0.29, 0.717) is 5.75 Å². The summed E-state index contributed by atoms with van der Waals surface area (Å²) in [6, 6.07) is 11.4. The van der Waals surface area contributed by atoms with Crippen molar-refractivity contribution < 1.29 is 9.84 Å². The average molecular weight is 272 g/mol.